The zero-order chi connectivity index (χ0) is 12.3. The molecule has 0 spiro atoms. The Balaban J connectivity index is 3.23. The summed E-state index contributed by atoms with van der Waals surface area (Å²) in [4.78, 5) is 8.57. The molecule has 0 unspecified atom stereocenters. The molecular weight excluding hydrogens is 274 g/mol. The second-order valence-electron chi connectivity index (χ2n) is 3.84. The predicted molar refractivity (Wildman–Crippen MR) is 64.9 cm³/mol. The highest BCUT2D eigenvalue weighted by Crippen LogP contribution is 2.27. The van der Waals surface area contributed by atoms with E-state index in [9.17, 15) is 0 Å². The lowest BCUT2D eigenvalue weighted by atomic mass is 10.1. The average molecular weight is 290 g/mol. The van der Waals surface area contributed by atoms with E-state index in [0.717, 1.165) is 5.69 Å². The molecule has 0 aliphatic carbocycles. The highest BCUT2D eigenvalue weighted by molar-refractivity contribution is 9.10. The van der Waals surface area contributed by atoms with Crippen LogP contribution in [0.3, 0.4) is 0 Å². The summed E-state index contributed by atoms with van der Waals surface area (Å²) in [6.07, 6.45) is 0. The van der Waals surface area contributed by atoms with E-state index in [4.69, 9.17) is 15.2 Å². The first kappa shape index (κ1) is 13.3. The number of nitrogens with zero attached hydrogens (tertiary/aromatic N) is 2. The van der Waals surface area contributed by atoms with Gasteiger partial charge in [0.2, 0.25) is 0 Å². The van der Waals surface area contributed by atoms with Crippen molar-refractivity contribution >= 4 is 21.7 Å². The number of hydrogen-bond donors (Lipinski definition) is 1. The zero-order valence-electron chi connectivity index (χ0n) is 9.87. The molecule has 0 saturated carbocycles. The van der Waals surface area contributed by atoms with Gasteiger partial charge < -0.3 is 15.2 Å². The van der Waals surface area contributed by atoms with Crippen molar-refractivity contribution in [3.63, 3.8) is 0 Å². The Bertz CT molecular complexity index is 383. The third-order valence-corrected chi connectivity index (χ3v) is 3.14. The Morgan fingerprint density at radius 2 is 1.94 bits per heavy atom. The van der Waals surface area contributed by atoms with Gasteiger partial charge in [-0.1, -0.05) is 0 Å². The topological polar surface area (TPSA) is 70.3 Å². The van der Waals surface area contributed by atoms with E-state index in [1.54, 1.807) is 14.2 Å². The van der Waals surface area contributed by atoms with E-state index >= 15 is 0 Å². The lowest BCUT2D eigenvalue weighted by Crippen LogP contribution is -2.24. The number of hydrogen-bond acceptors (Lipinski definition) is 5. The molecule has 0 atom stereocenters. The largest absolute Gasteiger partial charge is 0.383 e. The zero-order valence-corrected chi connectivity index (χ0v) is 11.5. The molecule has 5 nitrogen and oxygen atoms in total. The number of methoxy groups -OCH3 is 2. The molecule has 6 heteroatoms. The molecule has 1 aromatic rings. The summed E-state index contributed by atoms with van der Waals surface area (Å²) in [7, 11) is 3.21. The fourth-order valence-electron chi connectivity index (χ4n) is 1.11. The van der Waals surface area contributed by atoms with Crippen molar-refractivity contribution in [2.24, 2.45) is 0 Å². The summed E-state index contributed by atoms with van der Waals surface area (Å²) in [5.74, 6) is 0.935. The summed E-state index contributed by atoms with van der Waals surface area (Å²) in [6, 6.07) is 0. The normalized spacial score (nSPS) is 11.8. The fourth-order valence-corrected chi connectivity index (χ4v) is 1.40. The molecule has 0 radical (unpaired) electrons. The fraction of sp³-hybridized carbons (Fsp3) is 0.600. The van der Waals surface area contributed by atoms with Gasteiger partial charge in [-0.15, -0.1) is 0 Å². The monoisotopic (exact) mass is 289 g/mol. The van der Waals surface area contributed by atoms with Gasteiger partial charge in [-0.2, -0.15) is 0 Å². The van der Waals surface area contributed by atoms with Crippen molar-refractivity contribution < 1.29 is 9.47 Å². The van der Waals surface area contributed by atoms with Crippen LogP contribution in [0.4, 0.5) is 5.82 Å². The summed E-state index contributed by atoms with van der Waals surface area (Å²) in [5, 5.41) is 0. The second-order valence-corrected chi connectivity index (χ2v) is 4.63. The minimum Gasteiger partial charge on any atom is -0.383 e. The van der Waals surface area contributed by atoms with Crippen molar-refractivity contribution in [2.75, 3.05) is 20.0 Å². The lowest BCUT2D eigenvalue weighted by Gasteiger charge is -2.22. The van der Waals surface area contributed by atoms with Crippen LogP contribution in [0.15, 0.2) is 4.47 Å². The lowest BCUT2D eigenvalue weighted by molar-refractivity contribution is 0.0111. The predicted octanol–water partition coefficient (Wildman–Crippen LogP) is 1.85. The van der Waals surface area contributed by atoms with Gasteiger partial charge in [-0.25, -0.2) is 9.97 Å². The van der Waals surface area contributed by atoms with Crippen LogP contribution in [0.1, 0.15) is 25.4 Å². The van der Waals surface area contributed by atoms with E-state index in [0.29, 0.717) is 22.7 Å². The van der Waals surface area contributed by atoms with Gasteiger partial charge >= 0.3 is 0 Å². The van der Waals surface area contributed by atoms with Gasteiger partial charge in [0, 0.05) is 14.2 Å². The van der Waals surface area contributed by atoms with E-state index in [2.05, 4.69) is 25.9 Å². The minimum atomic E-state index is -0.572. The molecule has 16 heavy (non-hydrogen) atoms. The van der Waals surface area contributed by atoms with Gasteiger partial charge in [0.1, 0.15) is 11.4 Å². The summed E-state index contributed by atoms with van der Waals surface area (Å²) < 4.78 is 11.0. The Morgan fingerprint density at radius 3 is 2.44 bits per heavy atom. The van der Waals surface area contributed by atoms with Crippen molar-refractivity contribution in [1.29, 1.82) is 0 Å². The highest BCUT2D eigenvalue weighted by atomic mass is 79.9. The molecule has 2 N–H and O–H groups in total. The van der Waals surface area contributed by atoms with Crippen molar-refractivity contribution in [1.82, 2.24) is 9.97 Å². The average Bonchev–Trinajstić information content (AvgIpc) is 2.24. The number of halogens is 1. The van der Waals surface area contributed by atoms with Crippen molar-refractivity contribution in [3.05, 3.63) is 16.0 Å². The van der Waals surface area contributed by atoms with Gasteiger partial charge in [0.15, 0.2) is 5.82 Å². The molecule has 0 aliphatic rings. The van der Waals surface area contributed by atoms with Gasteiger partial charge in [-0.3, -0.25) is 0 Å². The summed E-state index contributed by atoms with van der Waals surface area (Å²) >= 11 is 3.33. The number of rotatable bonds is 4. The van der Waals surface area contributed by atoms with Crippen LogP contribution < -0.4 is 5.73 Å². The molecular formula is C10H16BrN3O2. The maximum atomic E-state index is 5.79. The van der Waals surface area contributed by atoms with Gasteiger partial charge in [0.25, 0.3) is 0 Å². The molecule has 0 aromatic carbocycles. The van der Waals surface area contributed by atoms with Crippen LogP contribution in [0, 0.1) is 0 Å². The third kappa shape index (κ3) is 2.69. The summed E-state index contributed by atoms with van der Waals surface area (Å²) in [6.45, 7) is 4.14. The SMILES string of the molecule is COCc1nc(C(C)(C)OC)nc(N)c1Br. The number of nitrogens with two attached hydrogens (primary N) is 1. The number of anilines is 1. The number of nitrogen functional groups attached to an aromatic ring is 1. The third-order valence-electron chi connectivity index (χ3n) is 2.28. The molecule has 1 heterocycles. The molecule has 90 valence electrons. The molecule has 1 rings (SSSR count). The highest BCUT2D eigenvalue weighted by Gasteiger charge is 2.25. The first-order chi connectivity index (χ1) is 7.42. The van der Waals surface area contributed by atoms with E-state index in [1.807, 2.05) is 13.8 Å². The maximum Gasteiger partial charge on any atom is 0.162 e. The van der Waals surface area contributed by atoms with Crippen LogP contribution in [-0.4, -0.2) is 24.2 Å². The number of ether oxygens (including phenoxy) is 2. The molecule has 0 amide bonds. The quantitative estimate of drug-likeness (QED) is 0.916. The standard InChI is InChI=1S/C10H16BrN3O2/c1-10(2,16-4)9-13-6(5-15-3)7(11)8(12)14-9/h5H2,1-4H3,(H2,12,13,14). The van der Waals surface area contributed by atoms with Crippen LogP contribution in [0.25, 0.3) is 0 Å². The molecule has 0 fully saturated rings. The second kappa shape index (κ2) is 5.07. The Morgan fingerprint density at radius 1 is 1.31 bits per heavy atom. The Kier molecular flexibility index (Phi) is 4.23. The van der Waals surface area contributed by atoms with Crippen LogP contribution in [0.5, 0.6) is 0 Å². The first-order valence-electron chi connectivity index (χ1n) is 4.78. The maximum absolute atomic E-state index is 5.79. The molecule has 1 aromatic heterocycles. The number of aromatic nitrogens is 2. The first-order valence-corrected chi connectivity index (χ1v) is 5.58. The Hall–Kier alpha value is -0.720. The van der Waals surface area contributed by atoms with Gasteiger partial charge in [0.05, 0.1) is 16.8 Å². The smallest absolute Gasteiger partial charge is 0.162 e. The van der Waals surface area contributed by atoms with E-state index in [-0.39, 0.29) is 0 Å². The minimum absolute atomic E-state index is 0.375. The van der Waals surface area contributed by atoms with E-state index < -0.39 is 5.60 Å². The van der Waals surface area contributed by atoms with Gasteiger partial charge in [-0.05, 0) is 29.8 Å². The van der Waals surface area contributed by atoms with Crippen LogP contribution in [0.2, 0.25) is 0 Å². The summed E-state index contributed by atoms with van der Waals surface area (Å²) in [5.41, 5.74) is 5.94. The van der Waals surface area contributed by atoms with Crippen molar-refractivity contribution in [2.45, 2.75) is 26.1 Å². The molecule has 0 saturated heterocycles. The Labute approximate surface area is 103 Å². The van der Waals surface area contributed by atoms with Crippen LogP contribution in [-0.2, 0) is 21.7 Å². The van der Waals surface area contributed by atoms with Crippen LogP contribution >= 0.6 is 15.9 Å². The molecule has 0 bridgehead atoms. The van der Waals surface area contributed by atoms with E-state index in [1.165, 1.54) is 0 Å². The van der Waals surface area contributed by atoms with Crippen molar-refractivity contribution in [3.8, 4) is 0 Å². The molecule has 0 aliphatic heterocycles.